The maximum atomic E-state index is 14.9. The van der Waals surface area contributed by atoms with E-state index < -0.39 is 104 Å². The molecule has 0 bridgehead atoms. The molecule has 17 heteroatoms. The molecule has 12 nitrogen and oxygen atoms in total. The Bertz CT molecular complexity index is 2120. The Morgan fingerprint density at radius 3 is 2.46 bits per heavy atom. The van der Waals surface area contributed by atoms with Gasteiger partial charge in [-0.1, -0.05) is 32.9 Å². The number of pyridine rings is 1. The van der Waals surface area contributed by atoms with Gasteiger partial charge in [0.1, 0.15) is 6.10 Å². The van der Waals surface area contributed by atoms with Gasteiger partial charge in [0.2, 0.25) is 33.3 Å². The summed E-state index contributed by atoms with van der Waals surface area (Å²) in [6.45, 7) is 6.65. The lowest BCUT2D eigenvalue weighted by Gasteiger charge is -2.33. The van der Waals surface area contributed by atoms with E-state index in [1.165, 1.54) is 30.3 Å². The molecular weight excluding hydrogens is 799 g/mol. The fourth-order valence-electron chi connectivity index (χ4n) is 8.70. The third kappa shape index (κ3) is 8.95. The number of hydrogen-bond donors (Lipinski definition) is 1. The highest BCUT2D eigenvalue weighted by atomic mass is 32.2. The second kappa shape index (κ2) is 16.3. The highest BCUT2D eigenvalue weighted by Gasteiger charge is 2.63. The molecule has 2 aliphatic carbocycles. The van der Waals surface area contributed by atoms with Crippen molar-refractivity contribution in [1.82, 2.24) is 14.6 Å². The van der Waals surface area contributed by atoms with E-state index >= 15 is 0 Å². The number of hydrogen-bond acceptors (Lipinski definition) is 10. The molecule has 1 N–H and O–H groups in total. The normalized spacial score (nSPS) is 29.4. The number of ketones is 1. The molecule has 2 aliphatic heterocycles. The zero-order valence-electron chi connectivity index (χ0n) is 34.2. The van der Waals surface area contributed by atoms with Crippen LogP contribution in [0, 0.1) is 34.9 Å². The number of nitrogens with one attached hydrogen (secondary N) is 1. The van der Waals surface area contributed by atoms with Crippen LogP contribution in [0.2, 0.25) is 0 Å². The van der Waals surface area contributed by atoms with Crippen LogP contribution in [0.3, 0.4) is 0 Å². The third-order valence-electron chi connectivity index (χ3n) is 12.9. The number of allylic oxidation sites excluding steroid dienone is 2. The van der Waals surface area contributed by atoms with Crippen molar-refractivity contribution in [1.29, 1.82) is 0 Å². The zero-order chi connectivity index (χ0) is 43.3. The summed E-state index contributed by atoms with van der Waals surface area (Å²) < 4.78 is 101. The van der Waals surface area contributed by atoms with Crippen molar-refractivity contribution >= 4 is 44.4 Å². The van der Waals surface area contributed by atoms with Crippen LogP contribution in [0.5, 0.6) is 11.6 Å². The lowest BCUT2D eigenvalue weighted by Crippen LogP contribution is -2.48. The van der Waals surface area contributed by atoms with Crippen LogP contribution >= 0.6 is 0 Å². The van der Waals surface area contributed by atoms with E-state index in [1.54, 1.807) is 19.9 Å². The predicted molar refractivity (Wildman–Crippen MR) is 208 cm³/mol. The van der Waals surface area contributed by atoms with Crippen molar-refractivity contribution in [3.05, 3.63) is 42.4 Å². The summed E-state index contributed by atoms with van der Waals surface area (Å²) in [5.41, 5.74) is -4.26. The number of ether oxygens (including phenoxy) is 3. The second-order valence-electron chi connectivity index (χ2n) is 17.5. The van der Waals surface area contributed by atoms with Crippen molar-refractivity contribution in [2.45, 2.75) is 127 Å². The van der Waals surface area contributed by atoms with E-state index in [4.69, 9.17) is 14.2 Å². The van der Waals surface area contributed by atoms with Crippen LogP contribution in [0.1, 0.15) is 98.8 Å². The van der Waals surface area contributed by atoms with E-state index in [1.807, 2.05) is 19.1 Å². The third-order valence-corrected chi connectivity index (χ3v) is 15.2. The summed E-state index contributed by atoms with van der Waals surface area (Å²) in [5.74, 6) is -6.18. The molecule has 4 aliphatic rings. The minimum absolute atomic E-state index is 0.00627. The first-order valence-electron chi connectivity index (χ1n) is 20.2. The minimum Gasteiger partial charge on any atom is -0.494 e. The summed E-state index contributed by atoms with van der Waals surface area (Å²) in [6.07, 6.45) is 1.09. The van der Waals surface area contributed by atoms with E-state index in [2.05, 4.69) is 9.71 Å². The fraction of sp³-hybridized carbons (Fsp3) is 0.643. The number of sulfonamides is 1. The highest BCUT2D eigenvalue weighted by Crippen LogP contribution is 2.58. The lowest BCUT2D eigenvalue weighted by molar-refractivity contribution is -0.257. The van der Waals surface area contributed by atoms with Gasteiger partial charge >= 0.3 is 12.1 Å². The summed E-state index contributed by atoms with van der Waals surface area (Å²) in [4.78, 5) is 62.4. The molecule has 324 valence electrons. The van der Waals surface area contributed by atoms with E-state index in [0.717, 1.165) is 13.8 Å². The van der Waals surface area contributed by atoms with Gasteiger partial charge in [-0.15, -0.1) is 0 Å². The number of methoxy groups -OCH3 is 1. The van der Waals surface area contributed by atoms with Gasteiger partial charge in [-0.25, -0.2) is 17.8 Å². The molecule has 0 unspecified atom stereocenters. The summed E-state index contributed by atoms with van der Waals surface area (Å²) in [7, 11) is -2.74. The number of amides is 2. The Kier molecular flexibility index (Phi) is 12.2. The number of Topliss-reactive ketones (excluding diaryl/α,β-unsaturated/α-hetero) is 1. The predicted octanol–water partition coefficient (Wildman–Crippen LogP) is 6.99. The maximum absolute atomic E-state index is 14.9. The first-order chi connectivity index (χ1) is 27.6. The van der Waals surface area contributed by atoms with Gasteiger partial charge in [-0.3, -0.25) is 23.9 Å². The topological polar surface area (TPSA) is 158 Å². The average Bonchev–Trinajstić information content (AvgIpc) is 4.06. The zero-order valence-corrected chi connectivity index (χ0v) is 35.0. The quantitative estimate of drug-likeness (QED) is 0.150. The smallest absolute Gasteiger partial charge is 0.427 e. The van der Waals surface area contributed by atoms with Crippen molar-refractivity contribution in [2.24, 2.45) is 29.1 Å². The van der Waals surface area contributed by atoms with Gasteiger partial charge in [-0.05, 0) is 100 Å². The molecule has 2 aromatic rings. The number of alkyl halides is 3. The van der Waals surface area contributed by atoms with Gasteiger partial charge in [-0.2, -0.15) is 13.2 Å². The number of rotatable bonds is 10. The van der Waals surface area contributed by atoms with Crippen LogP contribution in [0.25, 0.3) is 10.8 Å². The fourth-order valence-corrected chi connectivity index (χ4v) is 10.4. The largest absolute Gasteiger partial charge is 0.494 e. The molecule has 3 fully saturated rings. The highest BCUT2D eigenvalue weighted by molar-refractivity contribution is 7.91. The Hall–Kier alpha value is -4.28. The summed E-state index contributed by atoms with van der Waals surface area (Å²) in [5, 5.41) is 0.816. The number of carbonyl (C=O) groups is 4. The molecule has 2 amide bonds. The monoisotopic (exact) mass is 851 g/mol. The number of benzene rings is 1. The lowest BCUT2D eigenvalue weighted by atomic mass is 9.82. The van der Waals surface area contributed by atoms with Crippen molar-refractivity contribution < 1.29 is 59.4 Å². The van der Waals surface area contributed by atoms with Crippen molar-refractivity contribution in [3.8, 4) is 11.6 Å². The van der Waals surface area contributed by atoms with Crippen molar-refractivity contribution in [2.75, 3.05) is 13.7 Å². The Morgan fingerprint density at radius 2 is 1.81 bits per heavy atom. The molecular formula is C42H53F4N3O9S. The molecule has 1 saturated heterocycles. The average molecular weight is 852 g/mol. The Labute approximate surface area is 341 Å². The van der Waals surface area contributed by atoms with Crippen LogP contribution in [-0.2, 0) is 33.9 Å². The first kappa shape index (κ1) is 44.3. The number of carbonyl (C=O) groups excluding carboxylic acids is 4. The van der Waals surface area contributed by atoms with E-state index in [0.29, 0.717) is 43.9 Å². The van der Waals surface area contributed by atoms with E-state index in [9.17, 15) is 45.2 Å². The summed E-state index contributed by atoms with van der Waals surface area (Å²) >= 11 is 0. The SMILES string of the molecule is CCC1(S(=O)(=O)NC(=O)[C@]23CC(=O)[C@@H]4C[C@@H](Oc5nccc6cc(OC)c(F)cc56)CN4C(=O)[C@@H](CC(=O)OC(C)(C)C(F)(F)F)[C@H](C)C[C@@H](C)CC/C=C\[C@@H]2C3)CC1. The van der Waals surface area contributed by atoms with Gasteiger partial charge in [0.05, 0.1) is 42.2 Å². The van der Waals surface area contributed by atoms with Crippen LogP contribution < -0.4 is 14.2 Å². The molecule has 59 heavy (non-hydrogen) atoms. The Morgan fingerprint density at radius 1 is 1.10 bits per heavy atom. The number of aromatic nitrogens is 1. The standard InChI is InChI=1S/C42H53F4N3O9S/c1-7-40(13-14-40)59(54,55)48-38(53)41-21-27(41)11-9-8-10-24(2)16-25(3)29(20-35(51)58-39(4,5)42(44,45)46)37(52)49-23-28(18-32(49)33(50)22-41)57-36-30-19-31(43)34(56-6)17-26(30)12-15-47-36/h9,11-12,15,17,19,24-25,27-29,32H,7-8,10,13-14,16,18,20-23H2,1-6H3,(H,48,53)/b11-9-/t24-,25+,27+,28+,29-,32-,41+/m0/s1. The summed E-state index contributed by atoms with van der Waals surface area (Å²) in [6, 6.07) is 3.04. The van der Waals surface area contributed by atoms with Crippen LogP contribution in [-0.4, -0.2) is 84.2 Å². The molecule has 0 spiro atoms. The molecule has 0 radical (unpaired) electrons. The van der Waals surface area contributed by atoms with Gasteiger partial charge in [0, 0.05) is 24.4 Å². The number of esters is 1. The molecule has 1 aromatic heterocycles. The molecule has 6 rings (SSSR count). The molecule has 3 heterocycles. The van der Waals surface area contributed by atoms with E-state index in [-0.39, 0.29) is 42.3 Å². The van der Waals surface area contributed by atoms with Crippen LogP contribution in [0.4, 0.5) is 17.6 Å². The molecule has 2 saturated carbocycles. The maximum Gasteiger partial charge on any atom is 0.427 e. The van der Waals surface area contributed by atoms with Gasteiger partial charge in [0.25, 0.3) is 0 Å². The Balaban J connectivity index is 1.36. The minimum atomic E-state index is -4.89. The number of fused-ring (bicyclic) bond motifs is 3. The molecule has 7 atom stereocenters. The van der Waals surface area contributed by atoms with Gasteiger partial charge in [0.15, 0.2) is 17.3 Å². The van der Waals surface area contributed by atoms with Gasteiger partial charge < -0.3 is 19.1 Å². The first-order valence-corrected chi connectivity index (χ1v) is 21.7. The number of nitrogens with zero attached hydrogens (tertiary/aromatic N) is 2. The van der Waals surface area contributed by atoms with Crippen LogP contribution in [0.15, 0.2) is 36.5 Å². The second-order valence-corrected chi connectivity index (χ2v) is 19.6. The molecule has 1 aromatic carbocycles. The number of halogens is 4. The van der Waals surface area contributed by atoms with Crippen molar-refractivity contribution in [3.63, 3.8) is 0 Å².